The first-order chi connectivity index (χ1) is 13.3. The largest absolute Gasteiger partial charge is 0.377 e. The van der Waals surface area contributed by atoms with E-state index >= 15 is 0 Å². The molecule has 0 spiro atoms. The molecule has 0 bridgehead atoms. The smallest absolute Gasteiger partial charge is 0.243 e. The Kier molecular flexibility index (Phi) is 8.42. The highest BCUT2D eigenvalue weighted by Crippen LogP contribution is 2.27. The number of piperazine rings is 1. The second-order valence-electron chi connectivity index (χ2n) is 7.35. The molecule has 156 valence electrons. The van der Waals surface area contributed by atoms with Gasteiger partial charge in [0.15, 0.2) is 0 Å². The molecule has 28 heavy (non-hydrogen) atoms. The van der Waals surface area contributed by atoms with E-state index in [0.29, 0.717) is 13.1 Å². The third kappa shape index (κ3) is 6.03. The van der Waals surface area contributed by atoms with Crippen LogP contribution < -0.4 is 9.80 Å². The van der Waals surface area contributed by atoms with Gasteiger partial charge >= 0.3 is 0 Å². The van der Waals surface area contributed by atoms with E-state index in [4.69, 9.17) is 11.6 Å². The lowest BCUT2D eigenvalue weighted by Gasteiger charge is -2.37. The van der Waals surface area contributed by atoms with E-state index in [1.54, 1.807) is 11.2 Å². The van der Waals surface area contributed by atoms with Gasteiger partial charge in [-0.2, -0.15) is 5.10 Å². The first kappa shape index (κ1) is 22.3. The first-order valence-corrected chi connectivity index (χ1v) is 10.5. The van der Waals surface area contributed by atoms with Crippen LogP contribution in [0.25, 0.3) is 0 Å². The number of halogens is 1. The minimum atomic E-state index is -0.140. The highest BCUT2D eigenvalue weighted by molar-refractivity contribution is 6.27. The zero-order chi connectivity index (χ0) is 20.7. The Morgan fingerprint density at radius 1 is 1.25 bits per heavy atom. The maximum Gasteiger partial charge on any atom is 0.243 e. The van der Waals surface area contributed by atoms with E-state index < -0.39 is 0 Å². The van der Waals surface area contributed by atoms with Crippen molar-refractivity contribution in [3.63, 3.8) is 0 Å². The summed E-state index contributed by atoms with van der Waals surface area (Å²) in [6, 6.07) is 6.68. The molecule has 0 radical (unpaired) electrons. The first-order valence-electron chi connectivity index (χ1n) is 10.1. The fourth-order valence-electron chi connectivity index (χ4n) is 3.35. The number of anilines is 2. The Bertz CT molecular complexity index is 669. The number of carbonyl (C=O) groups excluding carboxylic acids is 1. The van der Waals surface area contributed by atoms with Gasteiger partial charge in [-0.05, 0) is 38.0 Å². The molecular formula is C21H34ClN5O. The molecule has 0 aromatic heterocycles. The fourth-order valence-corrected chi connectivity index (χ4v) is 3.41. The van der Waals surface area contributed by atoms with Gasteiger partial charge in [0.05, 0.1) is 5.38 Å². The van der Waals surface area contributed by atoms with Gasteiger partial charge < -0.3 is 14.7 Å². The van der Waals surface area contributed by atoms with E-state index in [1.165, 1.54) is 16.9 Å². The number of alkyl halides is 1. The van der Waals surface area contributed by atoms with Crippen LogP contribution >= 0.6 is 11.6 Å². The number of rotatable bonds is 8. The summed E-state index contributed by atoms with van der Waals surface area (Å²) < 4.78 is 0. The Balaban J connectivity index is 1.95. The number of hydrazone groups is 1. The highest BCUT2D eigenvalue weighted by Gasteiger charge is 2.23. The fraction of sp³-hybridized carbons (Fsp3) is 0.619. The van der Waals surface area contributed by atoms with Gasteiger partial charge in [-0.3, -0.25) is 9.80 Å². The van der Waals surface area contributed by atoms with Crippen LogP contribution in [0, 0.1) is 0 Å². The number of hydrogen-bond acceptors (Lipinski definition) is 5. The van der Waals surface area contributed by atoms with E-state index in [-0.39, 0.29) is 11.3 Å². The number of benzene rings is 1. The quantitative estimate of drug-likeness (QED) is 0.377. The summed E-state index contributed by atoms with van der Waals surface area (Å²) in [5, 5.41) is 5.92. The standard InChI is InChI=1S/C21H34ClN5O/c1-6-18-8-9-19(14-20(18)24(4)5)25-10-12-26(13-11-25)21(28)16-27(7-2)23-15-17(3)22/h8-9,14-15,17H,6-7,10-13,16H2,1-5H3/b23-15-. The molecule has 0 N–H and O–H groups in total. The lowest BCUT2D eigenvalue weighted by atomic mass is 10.1. The average molecular weight is 408 g/mol. The Morgan fingerprint density at radius 2 is 1.93 bits per heavy atom. The number of hydrogen-bond donors (Lipinski definition) is 0. The summed E-state index contributed by atoms with van der Waals surface area (Å²) in [6.07, 6.45) is 2.69. The summed E-state index contributed by atoms with van der Waals surface area (Å²) in [6.45, 7) is 10.2. The van der Waals surface area contributed by atoms with Crippen molar-refractivity contribution < 1.29 is 4.79 Å². The molecule has 1 unspecified atom stereocenters. The molecule has 6 nitrogen and oxygen atoms in total. The molecule has 1 aromatic carbocycles. The van der Waals surface area contributed by atoms with Crippen molar-refractivity contribution in [2.45, 2.75) is 32.6 Å². The van der Waals surface area contributed by atoms with Crippen LogP contribution in [0.5, 0.6) is 0 Å². The van der Waals surface area contributed by atoms with E-state index in [9.17, 15) is 4.79 Å². The molecule has 1 saturated heterocycles. The molecule has 2 rings (SSSR count). The van der Waals surface area contributed by atoms with Gasteiger partial charge in [0.1, 0.15) is 6.54 Å². The van der Waals surface area contributed by atoms with E-state index in [2.05, 4.69) is 54.1 Å². The van der Waals surface area contributed by atoms with Crippen LogP contribution in [0.1, 0.15) is 26.3 Å². The minimum Gasteiger partial charge on any atom is -0.377 e. The Hall–Kier alpha value is -1.95. The lowest BCUT2D eigenvalue weighted by molar-refractivity contribution is -0.132. The third-order valence-corrected chi connectivity index (χ3v) is 5.16. The zero-order valence-corrected chi connectivity index (χ0v) is 18.6. The molecule has 1 heterocycles. The van der Waals surface area contributed by atoms with Crippen molar-refractivity contribution >= 4 is 35.1 Å². The van der Waals surface area contributed by atoms with Gasteiger partial charge in [-0.15, -0.1) is 11.6 Å². The van der Waals surface area contributed by atoms with Crippen LogP contribution in [0.15, 0.2) is 23.3 Å². The van der Waals surface area contributed by atoms with Crippen LogP contribution in [0.2, 0.25) is 0 Å². The molecular weight excluding hydrogens is 374 g/mol. The molecule has 0 saturated carbocycles. The van der Waals surface area contributed by atoms with Gasteiger partial charge in [-0.25, -0.2) is 0 Å². The average Bonchev–Trinajstić information content (AvgIpc) is 2.70. The number of aryl methyl sites for hydroxylation is 1. The predicted molar refractivity (Wildman–Crippen MR) is 120 cm³/mol. The van der Waals surface area contributed by atoms with Crippen LogP contribution in [-0.2, 0) is 11.2 Å². The molecule has 1 aliphatic heterocycles. The summed E-state index contributed by atoms with van der Waals surface area (Å²) in [7, 11) is 4.17. The number of likely N-dealkylation sites (N-methyl/N-ethyl adjacent to an activating group) is 1. The number of nitrogens with zero attached hydrogens (tertiary/aromatic N) is 5. The van der Waals surface area contributed by atoms with Crippen molar-refractivity contribution in [3.05, 3.63) is 23.8 Å². The maximum absolute atomic E-state index is 12.6. The second kappa shape index (κ2) is 10.6. The zero-order valence-electron chi connectivity index (χ0n) is 17.9. The number of carbonyl (C=O) groups is 1. The van der Waals surface area contributed by atoms with Crippen molar-refractivity contribution in [3.8, 4) is 0 Å². The van der Waals surface area contributed by atoms with Crippen LogP contribution in [-0.4, -0.2) is 80.8 Å². The van der Waals surface area contributed by atoms with Crippen molar-refractivity contribution in [1.29, 1.82) is 0 Å². The van der Waals surface area contributed by atoms with Gasteiger partial charge in [-0.1, -0.05) is 13.0 Å². The molecule has 1 amide bonds. The summed E-state index contributed by atoms with van der Waals surface area (Å²) >= 11 is 5.91. The topological polar surface area (TPSA) is 42.4 Å². The maximum atomic E-state index is 12.6. The van der Waals surface area contributed by atoms with Gasteiger partial charge in [0.2, 0.25) is 5.91 Å². The van der Waals surface area contributed by atoms with Crippen LogP contribution in [0.4, 0.5) is 11.4 Å². The second-order valence-corrected chi connectivity index (χ2v) is 8.04. The van der Waals surface area contributed by atoms with Crippen molar-refractivity contribution in [2.24, 2.45) is 5.10 Å². The third-order valence-electron chi connectivity index (χ3n) is 5.05. The normalized spacial score (nSPS) is 15.8. The van der Waals surface area contributed by atoms with Crippen molar-refractivity contribution in [1.82, 2.24) is 9.91 Å². The van der Waals surface area contributed by atoms with Gasteiger partial charge in [0.25, 0.3) is 0 Å². The monoisotopic (exact) mass is 407 g/mol. The van der Waals surface area contributed by atoms with Crippen molar-refractivity contribution in [2.75, 3.05) is 63.2 Å². The minimum absolute atomic E-state index is 0.121. The predicted octanol–water partition coefficient (Wildman–Crippen LogP) is 2.90. The van der Waals surface area contributed by atoms with E-state index in [1.807, 2.05) is 18.7 Å². The Morgan fingerprint density at radius 3 is 2.46 bits per heavy atom. The molecule has 1 aromatic rings. The molecule has 0 aliphatic carbocycles. The van der Waals surface area contributed by atoms with Gasteiger partial charge in [0, 0.05) is 64.4 Å². The summed E-state index contributed by atoms with van der Waals surface area (Å²) in [5.41, 5.74) is 3.85. The summed E-state index contributed by atoms with van der Waals surface area (Å²) in [5.74, 6) is 0.121. The van der Waals surface area contributed by atoms with E-state index in [0.717, 1.165) is 32.6 Å². The highest BCUT2D eigenvalue weighted by atomic mass is 35.5. The molecule has 1 atom stereocenters. The molecule has 1 aliphatic rings. The molecule has 1 fully saturated rings. The van der Waals surface area contributed by atoms with Crippen LogP contribution in [0.3, 0.4) is 0 Å². The molecule has 7 heteroatoms. The summed E-state index contributed by atoms with van der Waals surface area (Å²) in [4.78, 5) is 19.1. The lowest BCUT2D eigenvalue weighted by Crippen LogP contribution is -2.51. The number of amides is 1. The SMILES string of the molecule is CCc1ccc(N2CCN(C(=O)CN(CC)/N=C\C(C)Cl)CC2)cc1N(C)C. The Labute approximate surface area is 174 Å².